The van der Waals surface area contributed by atoms with Crippen molar-refractivity contribution in [1.82, 2.24) is 5.32 Å². The quantitative estimate of drug-likeness (QED) is 0.870. The van der Waals surface area contributed by atoms with E-state index in [-0.39, 0.29) is 0 Å². The molecule has 2 atom stereocenters. The van der Waals surface area contributed by atoms with Gasteiger partial charge in [0.15, 0.2) is 0 Å². The van der Waals surface area contributed by atoms with Crippen LogP contribution >= 0.6 is 0 Å². The van der Waals surface area contributed by atoms with Crippen molar-refractivity contribution in [3.8, 4) is 5.75 Å². The summed E-state index contributed by atoms with van der Waals surface area (Å²) in [6, 6.07) is 12.3. The Hall–Kier alpha value is -1.74. The van der Waals surface area contributed by atoms with E-state index < -0.39 is 0 Å². The zero-order chi connectivity index (χ0) is 13.9. The van der Waals surface area contributed by atoms with Crippen LogP contribution in [-0.2, 0) is 13.1 Å². The predicted molar refractivity (Wildman–Crippen MR) is 78.8 cm³/mol. The van der Waals surface area contributed by atoms with Crippen molar-refractivity contribution in [3.05, 3.63) is 53.5 Å². The van der Waals surface area contributed by atoms with Crippen molar-refractivity contribution >= 4 is 0 Å². The van der Waals surface area contributed by atoms with Crippen LogP contribution in [0.3, 0.4) is 0 Å². The second kappa shape index (κ2) is 5.71. The molecule has 0 spiro atoms. The maximum Gasteiger partial charge on any atom is 0.123 e. The number of rotatable bonds is 6. The highest BCUT2D eigenvalue weighted by molar-refractivity contribution is 5.33. The van der Waals surface area contributed by atoms with Gasteiger partial charge in [-0.1, -0.05) is 25.1 Å². The van der Waals surface area contributed by atoms with Crippen molar-refractivity contribution in [2.24, 2.45) is 5.92 Å². The molecule has 0 aliphatic heterocycles. The van der Waals surface area contributed by atoms with Gasteiger partial charge in [-0.15, -0.1) is 0 Å². The fourth-order valence-electron chi connectivity index (χ4n) is 2.58. The molecule has 1 saturated carbocycles. The van der Waals surface area contributed by atoms with Crippen LogP contribution in [-0.4, -0.2) is 7.11 Å². The first-order valence-electron chi connectivity index (χ1n) is 7.19. The molecule has 1 fully saturated rings. The molecule has 1 heterocycles. The maximum atomic E-state index is 5.88. The number of para-hydroxylation sites is 1. The fourth-order valence-corrected chi connectivity index (χ4v) is 2.58. The molecule has 0 saturated heterocycles. The SMILES string of the molecule is COc1ccccc1CNCc1ccc([C@@H]2C[C@H]2C)o1. The molecule has 20 heavy (non-hydrogen) atoms. The highest BCUT2D eigenvalue weighted by atomic mass is 16.5. The Balaban J connectivity index is 1.53. The molecule has 0 radical (unpaired) electrons. The Kier molecular flexibility index (Phi) is 3.79. The largest absolute Gasteiger partial charge is 0.496 e. The molecule has 3 rings (SSSR count). The lowest BCUT2D eigenvalue weighted by molar-refractivity contribution is 0.405. The molecule has 106 valence electrons. The summed E-state index contributed by atoms with van der Waals surface area (Å²) in [5.74, 6) is 4.51. The van der Waals surface area contributed by atoms with Gasteiger partial charge < -0.3 is 14.5 Å². The van der Waals surface area contributed by atoms with Gasteiger partial charge in [0, 0.05) is 18.0 Å². The van der Waals surface area contributed by atoms with Crippen LogP contribution in [0.2, 0.25) is 0 Å². The fraction of sp³-hybridized carbons (Fsp3) is 0.412. The molecule has 1 aromatic heterocycles. The number of nitrogens with one attached hydrogen (secondary N) is 1. The standard InChI is InChI=1S/C17H21NO2/c1-12-9-15(12)17-8-7-14(20-17)11-18-10-13-5-3-4-6-16(13)19-2/h3-8,12,15,18H,9-11H2,1-2H3/t12-,15-/m1/s1. The van der Waals surface area contributed by atoms with Crippen molar-refractivity contribution in [1.29, 1.82) is 0 Å². The highest BCUT2D eigenvalue weighted by Gasteiger charge is 2.36. The van der Waals surface area contributed by atoms with Crippen LogP contribution in [0.4, 0.5) is 0 Å². The van der Waals surface area contributed by atoms with E-state index in [0.29, 0.717) is 5.92 Å². The van der Waals surface area contributed by atoms with Crippen LogP contribution in [0.5, 0.6) is 5.75 Å². The molecule has 1 N–H and O–H groups in total. The van der Waals surface area contributed by atoms with Crippen molar-refractivity contribution in [3.63, 3.8) is 0 Å². The summed E-state index contributed by atoms with van der Waals surface area (Å²) in [5.41, 5.74) is 1.16. The summed E-state index contributed by atoms with van der Waals surface area (Å²) in [6.45, 7) is 3.80. The lowest BCUT2D eigenvalue weighted by atomic mass is 10.2. The summed E-state index contributed by atoms with van der Waals surface area (Å²) in [5, 5.41) is 3.40. The minimum atomic E-state index is 0.651. The maximum absolute atomic E-state index is 5.88. The Morgan fingerprint density at radius 1 is 1.20 bits per heavy atom. The topological polar surface area (TPSA) is 34.4 Å². The van der Waals surface area contributed by atoms with Gasteiger partial charge in [-0.3, -0.25) is 0 Å². The van der Waals surface area contributed by atoms with Gasteiger partial charge in [0.25, 0.3) is 0 Å². The summed E-state index contributed by atoms with van der Waals surface area (Å²) in [4.78, 5) is 0. The zero-order valence-electron chi connectivity index (χ0n) is 12.1. The number of ether oxygens (including phenoxy) is 1. The van der Waals surface area contributed by atoms with E-state index in [9.17, 15) is 0 Å². The minimum absolute atomic E-state index is 0.651. The Bertz CT molecular complexity index is 576. The van der Waals surface area contributed by atoms with Crippen molar-refractivity contribution in [2.75, 3.05) is 7.11 Å². The average Bonchev–Trinajstić information content (AvgIpc) is 3.01. The van der Waals surface area contributed by atoms with Crippen molar-refractivity contribution in [2.45, 2.75) is 32.4 Å². The monoisotopic (exact) mass is 271 g/mol. The number of benzene rings is 1. The molecular formula is C17H21NO2. The van der Waals surface area contributed by atoms with Gasteiger partial charge >= 0.3 is 0 Å². The molecule has 3 heteroatoms. The van der Waals surface area contributed by atoms with Gasteiger partial charge in [0.2, 0.25) is 0 Å². The summed E-state index contributed by atoms with van der Waals surface area (Å²) in [6.07, 6.45) is 1.27. The smallest absolute Gasteiger partial charge is 0.123 e. The average molecular weight is 271 g/mol. The van der Waals surface area contributed by atoms with E-state index in [0.717, 1.165) is 41.8 Å². The van der Waals surface area contributed by atoms with E-state index >= 15 is 0 Å². The number of furan rings is 1. The predicted octanol–water partition coefficient (Wildman–Crippen LogP) is 3.70. The van der Waals surface area contributed by atoms with Crippen LogP contribution in [0.1, 0.15) is 36.3 Å². The first kappa shape index (κ1) is 13.3. The van der Waals surface area contributed by atoms with Crippen LogP contribution in [0, 0.1) is 5.92 Å². The lowest BCUT2D eigenvalue weighted by Gasteiger charge is -2.08. The first-order valence-corrected chi connectivity index (χ1v) is 7.19. The second-order valence-electron chi connectivity index (χ2n) is 5.54. The normalized spacial score (nSPS) is 20.9. The molecule has 0 unspecified atom stereocenters. The van der Waals surface area contributed by atoms with Gasteiger partial charge in [-0.2, -0.15) is 0 Å². The van der Waals surface area contributed by atoms with E-state index in [2.05, 4.69) is 30.4 Å². The third-order valence-electron chi connectivity index (χ3n) is 3.96. The van der Waals surface area contributed by atoms with Crippen LogP contribution in [0.25, 0.3) is 0 Å². The second-order valence-corrected chi connectivity index (χ2v) is 5.54. The van der Waals surface area contributed by atoms with Gasteiger partial charge in [0.05, 0.1) is 13.7 Å². The third kappa shape index (κ3) is 2.88. The zero-order valence-corrected chi connectivity index (χ0v) is 12.1. The molecular weight excluding hydrogens is 250 g/mol. The molecule has 1 aliphatic rings. The summed E-state index contributed by atoms with van der Waals surface area (Å²) >= 11 is 0. The molecule has 0 bridgehead atoms. The Labute approximate surface area is 119 Å². The highest BCUT2D eigenvalue weighted by Crippen LogP contribution is 2.47. The number of hydrogen-bond donors (Lipinski definition) is 1. The molecule has 0 amide bonds. The molecule has 1 aliphatic carbocycles. The molecule has 3 nitrogen and oxygen atoms in total. The third-order valence-corrected chi connectivity index (χ3v) is 3.96. The number of hydrogen-bond acceptors (Lipinski definition) is 3. The van der Waals surface area contributed by atoms with Crippen molar-refractivity contribution < 1.29 is 9.15 Å². The van der Waals surface area contributed by atoms with Crippen LogP contribution < -0.4 is 10.1 Å². The van der Waals surface area contributed by atoms with Crippen LogP contribution in [0.15, 0.2) is 40.8 Å². The lowest BCUT2D eigenvalue weighted by Crippen LogP contribution is -2.12. The summed E-state index contributed by atoms with van der Waals surface area (Å²) < 4.78 is 11.2. The van der Waals surface area contributed by atoms with E-state index in [1.54, 1.807) is 7.11 Å². The Morgan fingerprint density at radius 3 is 2.75 bits per heavy atom. The Morgan fingerprint density at radius 2 is 2.00 bits per heavy atom. The summed E-state index contributed by atoms with van der Waals surface area (Å²) in [7, 11) is 1.70. The van der Waals surface area contributed by atoms with Gasteiger partial charge in [-0.25, -0.2) is 0 Å². The molecule has 2 aromatic rings. The molecule has 1 aromatic carbocycles. The first-order chi connectivity index (χ1) is 9.78. The van der Waals surface area contributed by atoms with E-state index in [1.807, 2.05) is 18.2 Å². The van der Waals surface area contributed by atoms with Gasteiger partial charge in [0.1, 0.15) is 17.3 Å². The van der Waals surface area contributed by atoms with E-state index in [1.165, 1.54) is 6.42 Å². The minimum Gasteiger partial charge on any atom is -0.496 e. The van der Waals surface area contributed by atoms with Gasteiger partial charge in [-0.05, 0) is 30.5 Å². The number of methoxy groups -OCH3 is 1. The van der Waals surface area contributed by atoms with E-state index in [4.69, 9.17) is 9.15 Å².